The lowest BCUT2D eigenvalue weighted by Crippen LogP contribution is -2.44. The molecule has 1 fully saturated rings. The zero-order valence-electron chi connectivity index (χ0n) is 12.3. The molecule has 114 valence electrons. The van der Waals surface area contributed by atoms with Crippen LogP contribution in [0.1, 0.15) is 28.9 Å². The number of morpholine rings is 1. The number of carboxylic acid groups (broad SMARTS) is 1. The van der Waals surface area contributed by atoms with Crippen LogP contribution in [0.3, 0.4) is 0 Å². The van der Waals surface area contributed by atoms with E-state index in [-0.39, 0.29) is 17.7 Å². The van der Waals surface area contributed by atoms with Crippen LogP contribution in [0.4, 0.5) is 5.82 Å². The van der Waals surface area contributed by atoms with Crippen LogP contribution in [0.2, 0.25) is 0 Å². The van der Waals surface area contributed by atoms with E-state index in [1.807, 2.05) is 25.1 Å². The molecule has 1 aliphatic heterocycles. The predicted octanol–water partition coefficient (Wildman–Crippen LogP) is 2.75. The minimum absolute atomic E-state index is 0.0839. The first-order valence-corrected chi connectivity index (χ1v) is 7.27. The fourth-order valence-corrected chi connectivity index (χ4v) is 2.69. The Morgan fingerprint density at radius 2 is 2.05 bits per heavy atom. The van der Waals surface area contributed by atoms with Gasteiger partial charge in [-0.05, 0) is 24.6 Å². The molecule has 2 aromatic rings. The third-order valence-electron chi connectivity index (χ3n) is 3.84. The number of hydrogen-bond acceptors (Lipinski definition) is 4. The Kier molecular flexibility index (Phi) is 4.06. The fraction of sp³-hybridized carbons (Fsp3) is 0.294. The van der Waals surface area contributed by atoms with Crippen LogP contribution in [0.15, 0.2) is 48.7 Å². The van der Waals surface area contributed by atoms with E-state index in [9.17, 15) is 4.79 Å². The molecule has 0 amide bonds. The largest absolute Gasteiger partial charge is 0.478 e. The maximum Gasteiger partial charge on any atom is 0.337 e. The van der Waals surface area contributed by atoms with Crippen LogP contribution in [0.5, 0.6) is 0 Å². The van der Waals surface area contributed by atoms with E-state index in [1.54, 1.807) is 12.1 Å². The summed E-state index contributed by atoms with van der Waals surface area (Å²) >= 11 is 0. The van der Waals surface area contributed by atoms with Gasteiger partial charge in [0, 0.05) is 12.7 Å². The highest BCUT2D eigenvalue weighted by atomic mass is 16.5. The van der Waals surface area contributed by atoms with Crippen molar-refractivity contribution in [2.75, 3.05) is 18.1 Å². The lowest BCUT2D eigenvalue weighted by molar-refractivity contribution is 0.0300. The average molecular weight is 298 g/mol. The van der Waals surface area contributed by atoms with E-state index in [0.717, 1.165) is 12.4 Å². The molecule has 5 nitrogen and oxygen atoms in total. The van der Waals surface area contributed by atoms with Gasteiger partial charge in [-0.15, -0.1) is 0 Å². The third-order valence-corrected chi connectivity index (χ3v) is 3.84. The Bertz CT molecular complexity index is 643. The second kappa shape index (κ2) is 6.15. The van der Waals surface area contributed by atoms with Crippen LogP contribution < -0.4 is 4.90 Å². The number of nitrogens with zero attached hydrogens (tertiary/aromatic N) is 2. The summed E-state index contributed by atoms with van der Waals surface area (Å²) in [4.78, 5) is 17.5. The number of carboxylic acids is 1. The fourth-order valence-electron chi connectivity index (χ4n) is 2.69. The molecule has 1 aromatic carbocycles. The van der Waals surface area contributed by atoms with Gasteiger partial charge in [-0.25, -0.2) is 9.78 Å². The highest BCUT2D eigenvalue weighted by Crippen LogP contribution is 2.30. The van der Waals surface area contributed by atoms with Crippen LogP contribution in [-0.2, 0) is 4.74 Å². The van der Waals surface area contributed by atoms with Crippen molar-refractivity contribution in [3.63, 3.8) is 0 Å². The number of benzene rings is 1. The molecule has 0 bridgehead atoms. The zero-order chi connectivity index (χ0) is 15.5. The predicted molar refractivity (Wildman–Crippen MR) is 83.1 cm³/mol. The monoisotopic (exact) mass is 298 g/mol. The Morgan fingerprint density at radius 3 is 2.68 bits per heavy atom. The van der Waals surface area contributed by atoms with Crippen molar-refractivity contribution >= 4 is 11.8 Å². The number of pyridine rings is 1. The van der Waals surface area contributed by atoms with Gasteiger partial charge < -0.3 is 14.7 Å². The number of carbonyl (C=O) groups is 1. The smallest absolute Gasteiger partial charge is 0.337 e. The second-order valence-electron chi connectivity index (χ2n) is 5.43. The van der Waals surface area contributed by atoms with Gasteiger partial charge in [-0.2, -0.15) is 0 Å². The van der Waals surface area contributed by atoms with E-state index in [2.05, 4.69) is 22.0 Å². The first kappa shape index (κ1) is 14.5. The van der Waals surface area contributed by atoms with Crippen molar-refractivity contribution in [2.45, 2.75) is 19.1 Å². The molecule has 0 radical (unpaired) electrons. The third kappa shape index (κ3) is 2.94. The van der Waals surface area contributed by atoms with Crippen molar-refractivity contribution in [2.24, 2.45) is 0 Å². The molecule has 1 saturated heterocycles. The molecule has 0 aliphatic carbocycles. The number of rotatable bonds is 3. The number of anilines is 1. The van der Waals surface area contributed by atoms with Crippen LogP contribution in [0, 0.1) is 0 Å². The zero-order valence-corrected chi connectivity index (χ0v) is 12.3. The maximum atomic E-state index is 11.0. The number of aromatic nitrogens is 1. The number of hydrogen-bond donors (Lipinski definition) is 1. The van der Waals surface area contributed by atoms with E-state index < -0.39 is 5.97 Å². The molecule has 22 heavy (non-hydrogen) atoms. The minimum atomic E-state index is -0.964. The number of ether oxygens (including phenoxy) is 1. The first-order chi connectivity index (χ1) is 10.6. The van der Waals surface area contributed by atoms with Crippen molar-refractivity contribution in [3.05, 3.63) is 59.8 Å². The normalized spacial score (nSPS) is 21.6. The van der Waals surface area contributed by atoms with Crippen molar-refractivity contribution in [3.8, 4) is 0 Å². The lowest BCUT2D eigenvalue weighted by atomic mass is 10.0. The Morgan fingerprint density at radius 1 is 1.27 bits per heavy atom. The van der Waals surface area contributed by atoms with Crippen LogP contribution >= 0.6 is 0 Å². The summed E-state index contributed by atoms with van der Waals surface area (Å²) in [6.07, 6.45) is 1.51. The standard InChI is InChI=1S/C17H18N2O3/c1-12-10-19(16-8-7-14(9-18-16)17(20)21)15(11-22-12)13-5-3-2-4-6-13/h2-9,12,15H,10-11H2,1H3,(H,20,21)/t12-,15?/m1/s1. The molecular formula is C17H18N2O3. The van der Waals surface area contributed by atoms with Crippen LogP contribution in [-0.4, -0.2) is 35.3 Å². The maximum absolute atomic E-state index is 11.0. The quantitative estimate of drug-likeness (QED) is 0.944. The highest BCUT2D eigenvalue weighted by molar-refractivity contribution is 5.87. The molecule has 3 rings (SSSR count). The average Bonchev–Trinajstić information content (AvgIpc) is 2.55. The topological polar surface area (TPSA) is 62.7 Å². The van der Waals surface area contributed by atoms with Crippen LogP contribution in [0.25, 0.3) is 0 Å². The number of aromatic carboxylic acids is 1. The molecule has 2 atom stereocenters. The van der Waals surface area contributed by atoms with E-state index >= 15 is 0 Å². The van der Waals surface area contributed by atoms with Crippen molar-refractivity contribution in [1.29, 1.82) is 0 Å². The Hall–Kier alpha value is -2.40. The van der Waals surface area contributed by atoms with Gasteiger partial charge in [0.15, 0.2) is 0 Å². The molecule has 1 aromatic heterocycles. The first-order valence-electron chi connectivity index (χ1n) is 7.27. The molecule has 1 aliphatic rings. The van der Waals surface area contributed by atoms with Gasteiger partial charge >= 0.3 is 5.97 Å². The van der Waals surface area contributed by atoms with Gasteiger partial charge in [-0.1, -0.05) is 30.3 Å². The van der Waals surface area contributed by atoms with Gasteiger partial charge in [0.05, 0.1) is 24.3 Å². The summed E-state index contributed by atoms with van der Waals surface area (Å²) in [5.41, 5.74) is 1.36. The minimum Gasteiger partial charge on any atom is -0.478 e. The van der Waals surface area contributed by atoms with E-state index in [4.69, 9.17) is 9.84 Å². The summed E-state index contributed by atoms with van der Waals surface area (Å²) in [5.74, 6) is -0.192. The molecule has 5 heteroatoms. The summed E-state index contributed by atoms with van der Waals surface area (Å²) in [7, 11) is 0. The van der Waals surface area contributed by atoms with Crippen molar-refractivity contribution in [1.82, 2.24) is 4.98 Å². The SMILES string of the molecule is C[C@@H]1CN(c2ccc(C(=O)O)cn2)C(c2ccccc2)CO1. The summed E-state index contributed by atoms with van der Waals surface area (Å²) in [5, 5.41) is 8.98. The molecule has 1 N–H and O–H groups in total. The summed E-state index contributed by atoms with van der Waals surface area (Å²) < 4.78 is 5.79. The summed E-state index contributed by atoms with van der Waals surface area (Å²) in [6, 6.07) is 13.6. The lowest BCUT2D eigenvalue weighted by Gasteiger charge is -2.39. The van der Waals surface area contributed by atoms with Gasteiger partial charge in [0.2, 0.25) is 0 Å². The van der Waals surface area contributed by atoms with Gasteiger partial charge in [0.1, 0.15) is 5.82 Å². The molecule has 2 heterocycles. The molecular weight excluding hydrogens is 280 g/mol. The van der Waals surface area contributed by atoms with Gasteiger partial charge in [0.25, 0.3) is 0 Å². The van der Waals surface area contributed by atoms with Crippen molar-refractivity contribution < 1.29 is 14.6 Å². The second-order valence-corrected chi connectivity index (χ2v) is 5.43. The molecule has 0 saturated carbocycles. The van der Waals surface area contributed by atoms with Gasteiger partial charge in [-0.3, -0.25) is 0 Å². The Labute approximate surface area is 129 Å². The molecule has 0 spiro atoms. The summed E-state index contributed by atoms with van der Waals surface area (Å²) in [6.45, 7) is 3.34. The van der Waals surface area contributed by atoms with E-state index in [1.165, 1.54) is 11.8 Å². The van der Waals surface area contributed by atoms with E-state index in [0.29, 0.717) is 6.61 Å². The Balaban J connectivity index is 1.91. The molecule has 1 unspecified atom stereocenters. The highest BCUT2D eigenvalue weighted by Gasteiger charge is 2.29.